The van der Waals surface area contributed by atoms with Crippen molar-refractivity contribution in [3.8, 4) is 5.75 Å². The Bertz CT molecular complexity index is 630. The highest BCUT2D eigenvalue weighted by molar-refractivity contribution is 5.79. The Hall–Kier alpha value is -2.57. The summed E-state index contributed by atoms with van der Waals surface area (Å²) >= 11 is 0. The molecule has 1 aliphatic rings. The minimum Gasteiger partial charge on any atom is -0.497 e. The molecule has 0 aromatic heterocycles. The topological polar surface area (TPSA) is 87.7 Å². The molecule has 1 unspecified atom stereocenters. The maximum atomic E-state index is 12.2. The van der Waals surface area contributed by atoms with Crippen LogP contribution >= 0.6 is 0 Å². The van der Waals surface area contributed by atoms with E-state index >= 15 is 0 Å². The quantitative estimate of drug-likeness (QED) is 0.651. The molecule has 0 radical (unpaired) electrons. The van der Waals surface area contributed by atoms with E-state index in [-0.39, 0.29) is 24.1 Å². The Morgan fingerprint density at radius 1 is 1.27 bits per heavy atom. The lowest BCUT2D eigenvalue weighted by Gasteiger charge is -2.19. The first-order valence-electron chi connectivity index (χ1n) is 8.95. The Labute approximate surface area is 154 Å². The lowest BCUT2D eigenvalue weighted by Crippen LogP contribution is -2.34. The van der Waals surface area contributed by atoms with Crippen molar-refractivity contribution in [1.82, 2.24) is 15.5 Å². The van der Waals surface area contributed by atoms with Crippen LogP contribution in [0.25, 0.3) is 0 Å². The number of benzene rings is 1. The van der Waals surface area contributed by atoms with Crippen molar-refractivity contribution in [1.29, 1.82) is 0 Å². The summed E-state index contributed by atoms with van der Waals surface area (Å²) in [6, 6.07) is 6.89. The molecule has 1 aromatic rings. The van der Waals surface area contributed by atoms with Gasteiger partial charge in [-0.3, -0.25) is 14.4 Å². The van der Waals surface area contributed by atoms with E-state index in [9.17, 15) is 14.4 Å². The van der Waals surface area contributed by atoms with Crippen LogP contribution in [0.15, 0.2) is 24.3 Å². The molecule has 1 atom stereocenters. The van der Waals surface area contributed by atoms with Crippen LogP contribution in [0, 0.1) is 0 Å². The molecule has 142 valence electrons. The standard InChI is InChI=1S/C19H27N3O4/c1-14(23)21-17(15-6-8-16(26-2)9-7-15)13-18(24)20-10-4-12-22-11-3-5-19(22)25/h6-9,17H,3-5,10-13H2,1-2H3,(H,20,24)(H,21,23). The highest BCUT2D eigenvalue weighted by atomic mass is 16.5. The molecule has 1 fully saturated rings. The molecule has 26 heavy (non-hydrogen) atoms. The molecule has 2 rings (SSSR count). The van der Waals surface area contributed by atoms with E-state index in [1.807, 2.05) is 17.0 Å². The smallest absolute Gasteiger partial charge is 0.222 e. The number of nitrogens with one attached hydrogen (secondary N) is 2. The molecule has 0 aliphatic carbocycles. The van der Waals surface area contributed by atoms with Gasteiger partial charge in [0.05, 0.1) is 19.6 Å². The van der Waals surface area contributed by atoms with Crippen LogP contribution in [0.4, 0.5) is 0 Å². The van der Waals surface area contributed by atoms with Gasteiger partial charge in [0.25, 0.3) is 0 Å². The number of amides is 3. The second-order valence-corrected chi connectivity index (χ2v) is 6.42. The minimum absolute atomic E-state index is 0.132. The number of ether oxygens (including phenoxy) is 1. The van der Waals surface area contributed by atoms with Crippen LogP contribution in [0.3, 0.4) is 0 Å². The molecule has 0 spiro atoms. The number of methoxy groups -OCH3 is 1. The number of likely N-dealkylation sites (tertiary alicyclic amines) is 1. The van der Waals surface area contributed by atoms with Crippen molar-refractivity contribution in [2.75, 3.05) is 26.7 Å². The fourth-order valence-electron chi connectivity index (χ4n) is 3.03. The van der Waals surface area contributed by atoms with E-state index in [2.05, 4.69) is 10.6 Å². The third kappa shape index (κ3) is 6.06. The molecule has 1 saturated heterocycles. The molecule has 1 heterocycles. The first-order valence-corrected chi connectivity index (χ1v) is 8.95. The highest BCUT2D eigenvalue weighted by Crippen LogP contribution is 2.20. The summed E-state index contributed by atoms with van der Waals surface area (Å²) in [4.78, 5) is 37.1. The average molecular weight is 361 g/mol. The van der Waals surface area contributed by atoms with Crippen LogP contribution in [-0.4, -0.2) is 49.4 Å². The van der Waals surface area contributed by atoms with Gasteiger partial charge in [-0.1, -0.05) is 12.1 Å². The number of nitrogens with zero attached hydrogens (tertiary/aromatic N) is 1. The van der Waals surface area contributed by atoms with Crippen LogP contribution in [0.5, 0.6) is 5.75 Å². The summed E-state index contributed by atoms with van der Waals surface area (Å²) in [6.45, 7) is 3.43. The van der Waals surface area contributed by atoms with Gasteiger partial charge in [0.2, 0.25) is 17.7 Å². The Balaban J connectivity index is 1.81. The third-order valence-corrected chi connectivity index (χ3v) is 4.38. The number of rotatable bonds is 9. The van der Waals surface area contributed by atoms with Gasteiger partial charge in [-0.15, -0.1) is 0 Å². The van der Waals surface area contributed by atoms with E-state index in [0.717, 1.165) is 30.7 Å². The predicted octanol–water partition coefficient (Wildman–Crippen LogP) is 1.39. The van der Waals surface area contributed by atoms with Gasteiger partial charge in [-0.05, 0) is 30.5 Å². The highest BCUT2D eigenvalue weighted by Gasteiger charge is 2.20. The maximum absolute atomic E-state index is 12.2. The van der Waals surface area contributed by atoms with E-state index in [0.29, 0.717) is 19.5 Å². The number of carbonyl (C=O) groups excluding carboxylic acids is 3. The van der Waals surface area contributed by atoms with Crippen LogP contribution in [0.2, 0.25) is 0 Å². The van der Waals surface area contributed by atoms with Crippen molar-refractivity contribution >= 4 is 17.7 Å². The van der Waals surface area contributed by atoms with Gasteiger partial charge in [0, 0.05) is 33.0 Å². The molecule has 2 N–H and O–H groups in total. The molecule has 0 bridgehead atoms. The first kappa shape index (κ1) is 19.8. The molecule has 7 nitrogen and oxygen atoms in total. The van der Waals surface area contributed by atoms with Crippen LogP contribution < -0.4 is 15.4 Å². The van der Waals surface area contributed by atoms with E-state index < -0.39 is 6.04 Å². The largest absolute Gasteiger partial charge is 0.497 e. The number of carbonyl (C=O) groups is 3. The zero-order valence-electron chi connectivity index (χ0n) is 15.4. The summed E-state index contributed by atoms with van der Waals surface area (Å²) in [5.74, 6) is 0.594. The van der Waals surface area contributed by atoms with Gasteiger partial charge in [0.15, 0.2) is 0 Å². The molecule has 1 aromatic carbocycles. The van der Waals surface area contributed by atoms with Crippen LogP contribution in [0.1, 0.15) is 44.2 Å². The van der Waals surface area contributed by atoms with Gasteiger partial charge in [0.1, 0.15) is 5.75 Å². The fraction of sp³-hybridized carbons (Fsp3) is 0.526. The second-order valence-electron chi connectivity index (χ2n) is 6.42. The maximum Gasteiger partial charge on any atom is 0.222 e. The van der Waals surface area contributed by atoms with Crippen molar-refractivity contribution < 1.29 is 19.1 Å². The first-order chi connectivity index (χ1) is 12.5. The van der Waals surface area contributed by atoms with Crippen molar-refractivity contribution in [3.63, 3.8) is 0 Å². The lowest BCUT2D eigenvalue weighted by molar-refractivity contribution is -0.127. The molecule has 0 saturated carbocycles. The fourth-order valence-corrected chi connectivity index (χ4v) is 3.03. The molecule has 3 amide bonds. The SMILES string of the molecule is COc1ccc(C(CC(=O)NCCCN2CCCC2=O)NC(C)=O)cc1. The van der Waals surface area contributed by atoms with Gasteiger partial charge in [-0.25, -0.2) is 0 Å². The number of hydrogen-bond acceptors (Lipinski definition) is 4. The minimum atomic E-state index is -0.390. The Morgan fingerprint density at radius 3 is 2.58 bits per heavy atom. The summed E-state index contributed by atoms with van der Waals surface area (Å²) in [7, 11) is 1.59. The van der Waals surface area contributed by atoms with Crippen LogP contribution in [-0.2, 0) is 14.4 Å². The summed E-state index contributed by atoms with van der Waals surface area (Å²) in [6.07, 6.45) is 2.44. The van der Waals surface area contributed by atoms with Crippen molar-refractivity contribution in [2.45, 2.75) is 38.6 Å². The van der Waals surface area contributed by atoms with Crippen molar-refractivity contribution in [3.05, 3.63) is 29.8 Å². The summed E-state index contributed by atoms with van der Waals surface area (Å²) < 4.78 is 5.13. The number of hydrogen-bond donors (Lipinski definition) is 2. The molecular weight excluding hydrogens is 334 g/mol. The van der Waals surface area contributed by atoms with Gasteiger partial charge in [-0.2, -0.15) is 0 Å². The normalized spacial score (nSPS) is 14.8. The Morgan fingerprint density at radius 2 is 2.00 bits per heavy atom. The monoisotopic (exact) mass is 361 g/mol. The van der Waals surface area contributed by atoms with E-state index in [4.69, 9.17) is 4.74 Å². The zero-order chi connectivity index (χ0) is 18.9. The van der Waals surface area contributed by atoms with Gasteiger partial charge < -0.3 is 20.3 Å². The average Bonchev–Trinajstić information content (AvgIpc) is 3.03. The predicted molar refractivity (Wildman–Crippen MR) is 97.6 cm³/mol. The molecular formula is C19H27N3O4. The third-order valence-electron chi connectivity index (χ3n) is 4.38. The van der Waals surface area contributed by atoms with Crippen molar-refractivity contribution in [2.24, 2.45) is 0 Å². The van der Waals surface area contributed by atoms with Gasteiger partial charge >= 0.3 is 0 Å². The van der Waals surface area contributed by atoms with E-state index in [1.54, 1.807) is 19.2 Å². The lowest BCUT2D eigenvalue weighted by atomic mass is 10.0. The second kappa shape index (κ2) is 9.79. The zero-order valence-corrected chi connectivity index (χ0v) is 15.4. The summed E-state index contributed by atoms with van der Waals surface area (Å²) in [5.41, 5.74) is 0.846. The summed E-state index contributed by atoms with van der Waals surface area (Å²) in [5, 5.41) is 5.68. The molecule has 7 heteroatoms. The Kier molecular flexibility index (Phi) is 7.44. The molecule has 1 aliphatic heterocycles. The van der Waals surface area contributed by atoms with E-state index in [1.165, 1.54) is 6.92 Å².